The molecule has 9 nitrogen and oxygen atoms in total. The first-order valence-corrected chi connectivity index (χ1v) is 12.8. The Morgan fingerprint density at radius 2 is 1.86 bits per heavy atom. The number of ether oxygens (including phenoxy) is 1. The first-order valence-electron chi connectivity index (χ1n) is 11.3. The number of nitrogens with zero attached hydrogens (tertiary/aromatic N) is 2. The van der Waals surface area contributed by atoms with Crippen molar-refractivity contribution in [1.29, 1.82) is 0 Å². The number of para-hydroxylation sites is 1. The summed E-state index contributed by atoms with van der Waals surface area (Å²) in [6.07, 6.45) is 5.22. The van der Waals surface area contributed by atoms with Crippen molar-refractivity contribution >= 4 is 21.4 Å². The second-order valence-corrected chi connectivity index (χ2v) is 10.3. The van der Waals surface area contributed by atoms with Crippen LogP contribution >= 0.6 is 0 Å². The highest BCUT2D eigenvalue weighted by Gasteiger charge is 2.32. The monoisotopic (exact) mass is 496 g/mol. The number of carbonyl (C=O) groups is 1. The van der Waals surface area contributed by atoms with Gasteiger partial charge in [0.2, 0.25) is 9.84 Å². The SMILES string of the molecule is COc1ccc(S(=O)(=O)C(Nc2c(CN3CCCC3)cccc2C(=O)NO)c2cccnc2)cc1. The Kier molecular flexibility index (Phi) is 7.64. The molecule has 2 heterocycles. The molecule has 2 aromatic carbocycles. The van der Waals surface area contributed by atoms with E-state index in [9.17, 15) is 18.4 Å². The molecule has 1 aliphatic heterocycles. The standard InChI is InChI=1S/C25H28N4O5S/c1-34-20-9-11-21(12-10-20)35(32,33)25(18-7-5-13-26-16-18)27-23-19(17-29-14-2-3-15-29)6-4-8-22(23)24(30)28-31/h4-13,16,25,27,31H,2-3,14-15,17H2,1H3,(H,28,30). The fraction of sp³-hybridized carbons (Fsp3) is 0.280. The number of anilines is 1. The van der Waals surface area contributed by atoms with E-state index in [1.54, 1.807) is 48.1 Å². The van der Waals surface area contributed by atoms with Crippen molar-refractivity contribution in [2.75, 3.05) is 25.5 Å². The Hall–Kier alpha value is -3.47. The number of benzene rings is 2. The number of hydrogen-bond acceptors (Lipinski definition) is 8. The van der Waals surface area contributed by atoms with E-state index in [0.29, 0.717) is 23.5 Å². The third-order valence-corrected chi connectivity index (χ3v) is 7.99. The van der Waals surface area contributed by atoms with Crippen molar-refractivity contribution in [2.45, 2.75) is 29.7 Å². The summed E-state index contributed by atoms with van der Waals surface area (Å²) in [5, 5.41) is 11.2. The minimum absolute atomic E-state index is 0.0878. The zero-order valence-electron chi connectivity index (χ0n) is 19.3. The first-order chi connectivity index (χ1) is 16.9. The van der Waals surface area contributed by atoms with Gasteiger partial charge in [-0.05, 0) is 67.9 Å². The third-order valence-electron chi connectivity index (χ3n) is 6.05. The Bertz CT molecular complexity index is 1260. The van der Waals surface area contributed by atoms with Crippen molar-refractivity contribution < 1.29 is 23.2 Å². The van der Waals surface area contributed by atoms with Crippen molar-refractivity contribution in [3.8, 4) is 5.75 Å². The van der Waals surface area contributed by atoms with Gasteiger partial charge in [-0.15, -0.1) is 0 Å². The van der Waals surface area contributed by atoms with Gasteiger partial charge in [-0.1, -0.05) is 18.2 Å². The number of aromatic nitrogens is 1. The molecule has 35 heavy (non-hydrogen) atoms. The highest BCUT2D eigenvalue weighted by Crippen LogP contribution is 2.34. The van der Waals surface area contributed by atoms with Gasteiger partial charge in [0.05, 0.1) is 23.3 Å². The first kappa shape index (κ1) is 24.6. The molecule has 0 bridgehead atoms. The Morgan fingerprint density at radius 3 is 2.49 bits per heavy atom. The molecule has 10 heteroatoms. The van der Waals surface area contributed by atoms with Gasteiger partial charge in [0.15, 0.2) is 5.37 Å². The lowest BCUT2D eigenvalue weighted by molar-refractivity contribution is 0.0707. The summed E-state index contributed by atoms with van der Waals surface area (Å²) in [6, 6.07) is 14.6. The van der Waals surface area contributed by atoms with Gasteiger partial charge in [0.25, 0.3) is 5.91 Å². The molecule has 184 valence electrons. The zero-order chi connectivity index (χ0) is 24.8. The Morgan fingerprint density at radius 1 is 1.11 bits per heavy atom. The van der Waals surface area contributed by atoms with Gasteiger partial charge in [0.1, 0.15) is 5.75 Å². The quantitative estimate of drug-likeness (QED) is 0.305. The van der Waals surface area contributed by atoms with E-state index in [4.69, 9.17) is 4.74 Å². The summed E-state index contributed by atoms with van der Waals surface area (Å²) in [5.74, 6) is -0.199. The second-order valence-electron chi connectivity index (χ2n) is 8.30. The molecule has 1 aromatic heterocycles. The maximum Gasteiger partial charge on any atom is 0.276 e. The van der Waals surface area contributed by atoms with Crippen molar-refractivity contribution in [3.63, 3.8) is 0 Å². The van der Waals surface area contributed by atoms with Crippen LogP contribution in [0.5, 0.6) is 5.75 Å². The molecule has 0 aliphatic carbocycles. The van der Waals surface area contributed by atoms with E-state index in [0.717, 1.165) is 31.5 Å². The second kappa shape index (κ2) is 10.9. The smallest absolute Gasteiger partial charge is 0.276 e. The highest BCUT2D eigenvalue weighted by atomic mass is 32.2. The third kappa shape index (κ3) is 5.45. The van der Waals surface area contributed by atoms with Crippen LogP contribution in [-0.4, -0.2) is 49.6 Å². The molecule has 0 spiro atoms. The zero-order valence-corrected chi connectivity index (χ0v) is 20.2. The lowest BCUT2D eigenvalue weighted by Crippen LogP contribution is -2.27. The number of carbonyl (C=O) groups excluding carboxylic acids is 1. The summed E-state index contributed by atoms with van der Waals surface area (Å²) in [6.45, 7) is 2.38. The molecule has 1 saturated heterocycles. The molecular formula is C25H28N4O5S. The Balaban J connectivity index is 1.81. The number of rotatable bonds is 9. The van der Waals surface area contributed by atoms with Gasteiger partial charge in [0, 0.05) is 24.5 Å². The van der Waals surface area contributed by atoms with Gasteiger partial charge < -0.3 is 10.1 Å². The normalized spacial score (nSPS) is 14.9. The average molecular weight is 497 g/mol. The summed E-state index contributed by atoms with van der Waals surface area (Å²) >= 11 is 0. The molecule has 1 aliphatic rings. The number of methoxy groups -OCH3 is 1. The van der Waals surface area contributed by atoms with E-state index < -0.39 is 21.1 Å². The van der Waals surface area contributed by atoms with Gasteiger partial charge in [-0.25, -0.2) is 13.9 Å². The van der Waals surface area contributed by atoms with Crippen LogP contribution in [0, 0.1) is 0 Å². The van der Waals surface area contributed by atoms with Crippen LogP contribution < -0.4 is 15.5 Å². The minimum atomic E-state index is -3.98. The molecule has 1 atom stereocenters. The minimum Gasteiger partial charge on any atom is -0.497 e. The molecule has 1 fully saturated rings. The molecular weight excluding hydrogens is 468 g/mol. The van der Waals surface area contributed by atoms with Crippen molar-refractivity contribution in [3.05, 3.63) is 83.7 Å². The van der Waals surface area contributed by atoms with Crippen molar-refractivity contribution in [2.24, 2.45) is 0 Å². The number of hydroxylamine groups is 1. The van der Waals surface area contributed by atoms with Gasteiger partial charge in [-0.3, -0.25) is 19.9 Å². The van der Waals surface area contributed by atoms with E-state index in [-0.39, 0.29) is 10.5 Å². The van der Waals surface area contributed by atoms with Crippen LogP contribution in [0.15, 0.2) is 71.9 Å². The molecule has 1 unspecified atom stereocenters. The number of hydrogen-bond donors (Lipinski definition) is 3. The lowest BCUT2D eigenvalue weighted by atomic mass is 10.1. The summed E-state index contributed by atoms with van der Waals surface area (Å²) in [4.78, 5) is 19.0. The van der Waals surface area contributed by atoms with E-state index in [1.807, 2.05) is 6.07 Å². The van der Waals surface area contributed by atoms with Crippen LogP contribution in [0.3, 0.4) is 0 Å². The topological polar surface area (TPSA) is 121 Å². The van der Waals surface area contributed by atoms with Gasteiger partial charge in [-0.2, -0.15) is 0 Å². The van der Waals surface area contributed by atoms with Gasteiger partial charge >= 0.3 is 0 Å². The predicted molar refractivity (Wildman–Crippen MR) is 131 cm³/mol. The molecule has 1 amide bonds. The molecule has 0 saturated carbocycles. The predicted octanol–water partition coefficient (Wildman–Crippen LogP) is 3.39. The molecule has 3 aromatic rings. The highest BCUT2D eigenvalue weighted by molar-refractivity contribution is 7.91. The van der Waals surface area contributed by atoms with E-state index in [2.05, 4.69) is 15.2 Å². The Labute approximate surface area is 204 Å². The summed E-state index contributed by atoms with van der Waals surface area (Å²) in [7, 11) is -2.48. The number of nitrogens with one attached hydrogen (secondary N) is 2. The van der Waals surface area contributed by atoms with Crippen LogP contribution in [0.25, 0.3) is 0 Å². The average Bonchev–Trinajstić information content (AvgIpc) is 3.41. The number of sulfone groups is 1. The number of amides is 1. The summed E-state index contributed by atoms with van der Waals surface area (Å²) < 4.78 is 32.9. The van der Waals surface area contributed by atoms with E-state index in [1.165, 1.54) is 25.4 Å². The summed E-state index contributed by atoms with van der Waals surface area (Å²) in [5.41, 5.74) is 3.32. The fourth-order valence-corrected chi connectivity index (χ4v) is 5.80. The van der Waals surface area contributed by atoms with Crippen LogP contribution in [-0.2, 0) is 16.4 Å². The molecule has 0 radical (unpaired) electrons. The fourth-order valence-electron chi connectivity index (χ4n) is 4.24. The van der Waals surface area contributed by atoms with Crippen LogP contribution in [0.4, 0.5) is 5.69 Å². The number of likely N-dealkylation sites (tertiary alicyclic amines) is 1. The molecule has 3 N–H and O–H groups in total. The van der Waals surface area contributed by atoms with Crippen molar-refractivity contribution in [1.82, 2.24) is 15.4 Å². The van der Waals surface area contributed by atoms with Crippen LogP contribution in [0.2, 0.25) is 0 Å². The number of pyridine rings is 1. The lowest BCUT2D eigenvalue weighted by Gasteiger charge is -2.25. The maximum absolute atomic E-state index is 13.9. The van der Waals surface area contributed by atoms with E-state index >= 15 is 0 Å². The maximum atomic E-state index is 13.9. The van der Waals surface area contributed by atoms with Crippen LogP contribution in [0.1, 0.15) is 39.7 Å². The molecule has 4 rings (SSSR count). The largest absolute Gasteiger partial charge is 0.497 e.